The summed E-state index contributed by atoms with van der Waals surface area (Å²) in [5, 5.41) is 3.43. The van der Waals surface area contributed by atoms with Gasteiger partial charge in [-0.05, 0) is 44.7 Å². The van der Waals surface area contributed by atoms with E-state index in [1.807, 2.05) is 6.92 Å². The molecule has 2 rings (SSSR count). The van der Waals surface area contributed by atoms with Crippen molar-refractivity contribution in [2.75, 3.05) is 13.7 Å². The van der Waals surface area contributed by atoms with Crippen molar-refractivity contribution in [2.24, 2.45) is 5.92 Å². The maximum atomic E-state index is 13.9. The second kappa shape index (κ2) is 6.71. The Morgan fingerprint density at radius 3 is 2.89 bits per heavy atom. The lowest BCUT2D eigenvalue weighted by Gasteiger charge is -2.22. The minimum atomic E-state index is -0.206. The van der Waals surface area contributed by atoms with E-state index in [0.717, 1.165) is 19.4 Å². The van der Waals surface area contributed by atoms with Crippen LogP contribution in [-0.2, 0) is 0 Å². The first-order valence-electron chi connectivity index (χ1n) is 6.92. The zero-order valence-electron chi connectivity index (χ0n) is 11.7. The van der Waals surface area contributed by atoms with E-state index in [2.05, 4.69) is 17.5 Å². The van der Waals surface area contributed by atoms with Gasteiger partial charge in [0.25, 0.3) is 0 Å². The van der Waals surface area contributed by atoms with Crippen LogP contribution in [0.2, 0.25) is 0 Å². The summed E-state index contributed by atoms with van der Waals surface area (Å²) < 4.78 is 18.9. The second-order valence-electron chi connectivity index (χ2n) is 5.17. The molecule has 0 aliphatic heterocycles. The van der Waals surface area contributed by atoms with E-state index in [4.69, 9.17) is 4.74 Å². The predicted molar refractivity (Wildman–Crippen MR) is 75.9 cm³/mol. The Bertz CT molecular complexity index is 444. The Kier molecular flexibility index (Phi) is 4.97. The molecule has 19 heavy (non-hydrogen) atoms. The molecule has 1 aliphatic rings. The van der Waals surface area contributed by atoms with Crippen molar-refractivity contribution in [3.05, 3.63) is 41.7 Å². The van der Waals surface area contributed by atoms with Crippen LogP contribution in [0, 0.1) is 11.7 Å². The Morgan fingerprint density at radius 1 is 1.42 bits per heavy atom. The van der Waals surface area contributed by atoms with Crippen molar-refractivity contribution < 1.29 is 9.13 Å². The Morgan fingerprint density at radius 2 is 2.26 bits per heavy atom. The van der Waals surface area contributed by atoms with E-state index >= 15 is 0 Å². The Balaban J connectivity index is 1.92. The van der Waals surface area contributed by atoms with E-state index in [1.54, 1.807) is 19.2 Å². The first-order chi connectivity index (χ1) is 9.20. The maximum Gasteiger partial charge on any atom is 0.131 e. The van der Waals surface area contributed by atoms with E-state index in [0.29, 0.717) is 17.2 Å². The van der Waals surface area contributed by atoms with Gasteiger partial charge >= 0.3 is 0 Å². The van der Waals surface area contributed by atoms with Crippen molar-refractivity contribution in [1.29, 1.82) is 0 Å². The van der Waals surface area contributed by atoms with Crippen molar-refractivity contribution >= 4 is 0 Å². The van der Waals surface area contributed by atoms with Crippen LogP contribution in [0.4, 0.5) is 4.39 Å². The monoisotopic (exact) mass is 263 g/mol. The van der Waals surface area contributed by atoms with E-state index in [-0.39, 0.29) is 11.9 Å². The summed E-state index contributed by atoms with van der Waals surface area (Å²) in [5.41, 5.74) is 0.701. The molecule has 0 fully saturated rings. The molecule has 2 nitrogen and oxygen atoms in total. The summed E-state index contributed by atoms with van der Waals surface area (Å²) in [6.07, 6.45) is 8.00. The van der Waals surface area contributed by atoms with Crippen LogP contribution < -0.4 is 10.1 Å². The first kappa shape index (κ1) is 14.1. The fraction of sp³-hybridized carbons (Fsp3) is 0.500. The topological polar surface area (TPSA) is 21.3 Å². The van der Waals surface area contributed by atoms with Gasteiger partial charge in [0.1, 0.15) is 11.6 Å². The van der Waals surface area contributed by atoms with Crippen LogP contribution >= 0.6 is 0 Å². The van der Waals surface area contributed by atoms with Crippen LogP contribution in [0.25, 0.3) is 0 Å². The van der Waals surface area contributed by atoms with Crippen LogP contribution in [0.3, 0.4) is 0 Å². The molecule has 1 aromatic rings. The molecular weight excluding hydrogens is 241 g/mol. The zero-order valence-corrected chi connectivity index (χ0v) is 11.7. The number of nitrogens with one attached hydrogen (secondary N) is 1. The maximum absolute atomic E-state index is 13.9. The summed E-state index contributed by atoms with van der Waals surface area (Å²) >= 11 is 0. The van der Waals surface area contributed by atoms with E-state index in [1.165, 1.54) is 12.5 Å². The van der Waals surface area contributed by atoms with Gasteiger partial charge in [-0.15, -0.1) is 0 Å². The lowest BCUT2D eigenvalue weighted by Crippen LogP contribution is -2.26. The molecule has 2 unspecified atom stereocenters. The zero-order chi connectivity index (χ0) is 13.7. The summed E-state index contributed by atoms with van der Waals surface area (Å²) in [7, 11) is 1.55. The number of rotatable bonds is 5. The second-order valence-corrected chi connectivity index (χ2v) is 5.17. The van der Waals surface area contributed by atoms with Gasteiger partial charge in [0.05, 0.1) is 7.11 Å². The molecule has 0 saturated heterocycles. The number of ether oxygens (including phenoxy) is 1. The lowest BCUT2D eigenvalue weighted by atomic mass is 9.94. The van der Waals surface area contributed by atoms with E-state index < -0.39 is 0 Å². The molecule has 104 valence electrons. The van der Waals surface area contributed by atoms with Gasteiger partial charge in [0.2, 0.25) is 0 Å². The van der Waals surface area contributed by atoms with Crippen LogP contribution in [0.15, 0.2) is 30.4 Å². The average Bonchev–Trinajstić information content (AvgIpc) is 2.45. The standard InChI is InChI=1S/C16H22FNO/c1-12(18-11-13-6-4-3-5-7-13)15-9-8-14(19-2)10-16(15)17/h3-4,8-10,12-13,18H,5-7,11H2,1-2H3. The van der Waals surface area contributed by atoms with Crippen molar-refractivity contribution in [3.8, 4) is 5.75 Å². The summed E-state index contributed by atoms with van der Waals surface area (Å²) in [5.74, 6) is 1.03. The fourth-order valence-electron chi connectivity index (χ4n) is 2.48. The van der Waals surface area contributed by atoms with Crippen molar-refractivity contribution in [1.82, 2.24) is 5.32 Å². The Hall–Kier alpha value is -1.35. The normalized spacial score (nSPS) is 20.3. The molecule has 3 heteroatoms. The molecular formula is C16H22FNO. The number of benzene rings is 1. The first-order valence-corrected chi connectivity index (χ1v) is 6.92. The molecule has 0 spiro atoms. The minimum Gasteiger partial charge on any atom is -0.497 e. The molecule has 1 aliphatic carbocycles. The Labute approximate surface area is 114 Å². The number of hydrogen-bond donors (Lipinski definition) is 1. The fourth-order valence-corrected chi connectivity index (χ4v) is 2.48. The van der Waals surface area contributed by atoms with Gasteiger partial charge in [-0.1, -0.05) is 18.2 Å². The number of hydrogen-bond acceptors (Lipinski definition) is 2. The van der Waals surface area contributed by atoms with Gasteiger partial charge < -0.3 is 10.1 Å². The average molecular weight is 263 g/mol. The summed E-state index contributed by atoms with van der Waals surface area (Å²) in [4.78, 5) is 0. The van der Waals surface area contributed by atoms with Gasteiger partial charge in [-0.25, -0.2) is 4.39 Å². The van der Waals surface area contributed by atoms with Gasteiger partial charge in [-0.2, -0.15) is 0 Å². The highest BCUT2D eigenvalue weighted by atomic mass is 19.1. The van der Waals surface area contributed by atoms with Crippen LogP contribution in [0.1, 0.15) is 37.8 Å². The molecule has 1 aromatic carbocycles. The van der Waals surface area contributed by atoms with Crippen LogP contribution in [0.5, 0.6) is 5.75 Å². The lowest BCUT2D eigenvalue weighted by molar-refractivity contribution is 0.402. The highest BCUT2D eigenvalue weighted by Crippen LogP contribution is 2.23. The molecule has 0 bridgehead atoms. The predicted octanol–water partition coefficient (Wildman–Crippen LogP) is 3.84. The van der Waals surface area contributed by atoms with Crippen LogP contribution in [-0.4, -0.2) is 13.7 Å². The molecule has 0 aromatic heterocycles. The van der Waals surface area contributed by atoms with Gasteiger partial charge in [-0.3, -0.25) is 0 Å². The number of methoxy groups -OCH3 is 1. The largest absolute Gasteiger partial charge is 0.497 e. The van der Waals surface area contributed by atoms with E-state index in [9.17, 15) is 4.39 Å². The molecule has 2 atom stereocenters. The van der Waals surface area contributed by atoms with Gasteiger partial charge in [0.15, 0.2) is 0 Å². The smallest absolute Gasteiger partial charge is 0.131 e. The number of allylic oxidation sites excluding steroid dienone is 2. The van der Waals surface area contributed by atoms with Crippen molar-refractivity contribution in [2.45, 2.75) is 32.2 Å². The third kappa shape index (κ3) is 3.80. The summed E-state index contributed by atoms with van der Waals surface area (Å²) in [6.45, 7) is 2.94. The van der Waals surface area contributed by atoms with Gasteiger partial charge in [0, 0.05) is 17.7 Å². The molecule has 0 amide bonds. The number of halogens is 1. The van der Waals surface area contributed by atoms with Crippen molar-refractivity contribution in [3.63, 3.8) is 0 Å². The highest BCUT2D eigenvalue weighted by Gasteiger charge is 2.14. The quantitative estimate of drug-likeness (QED) is 0.815. The third-order valence-corrected chi connectivity index (χ3v) is 3.76. The highest BCUT2D eigenvalue weighted by molar-refractivity contribution is 5.30. The minimum absolute atomic E-state index is 0.0248. The SMILES string of the molecule is COc1ccc(C(C)NCC2CC=CCC2)c(F)c1. The summed E-state index contributed by atoms with van der Waals surface area (Å²) in [6, 6.07) is 5.07. The molecule has 1 N–H and O–H groups in total. The third-order valence-electron chi connectivity index (χ3n) is 3.76. The molecule has 0 saturated carbocycles. The molecule has 0 heterocycles. The molecule has 0 radical (unpaired) electrons.